The molecule has 1 saturated heterocycles. The van der Waals surface area contributed by atoms with E-state index in [-0.39, 0.29) is 0 Å². The van der Waals surface area contributed by atoms with E-state index in [4.69, 9.17) is 0 Å². The fourth-order valence-electron chi connectivity index (χ4n) is 3.74. The second kappa shape index (κ2) is 3.52. The van der Waals surface area contributed by atoms with E-state index in [0.29, 0.717) is 10.8 Å². The molecule has 2 unspecified atom stereocenters. The summed E-state index contributed by atoms with van der Waals surface area (Å²) in [5, 5.41) is 0. The molecule has 0 aromatic carbocycles. The van der Waals surface area contributed by atoms with Crippen LogP contribution < -0.4 is 0 Å². The number of likely N-dealkylation sites (tertiary alicyclic amines) is 1. The van der Waals surface area contributed by atoms with Gasteiger partial charge in [0.25, 0.3) is 0 Å². The topological polar surface area (TPSA) is 0 Å². The molecule has 1 rings (SSSR count). The van der Waals surface area contributed by atoms with Crippen LogP contribution in [0.3, 0.4) is 0 Å². The third-order valence-corrected chi connectivity index (χ3v) is 4.18. The van der Waals surface area contributed by atoms with E-state index in [1.54, 1.807) is 0 Å². The van der Waals surface area contributed by atoms with Crippen molar-refractivity contribution in [2.45, 2.75) is 47.0 Å². The van der Waals surface area contributed by atoms with Crippen molar-refractivity contribution < 1.29 is 4.48 Å². The van der Waals surface area contributed by atoms with Gasteiger partial charge in [-0.15, -0.1) is 0 Å². The lowest BCUT2D eigenvalue weighted by Gasteiger charge is -2.52. The van der Waals surface area contributed by atoms with Crippen LogP contribution in [0, 0.1) is 10.8 Å². The van der Waals surface area contributed by atoms with E-state index in [0.717, 1.165) is 0 Å². The number of hydrogen-bond donors (Lipinski definition) is 0. The Kier molecular flexibility index (Phi) is 3.02. The fourth-order valence-corrected chi connectivity index (χ4v) is 3.74. The molecule has 14 heavy (non-hydrogen) atoms. The van der Waals surface area contributed by atoms with Gasteiger partial charge in [-0.3, -0.25) is 0 Å². The van der Waals surface area contributed by atoms with Gasteiger partial charge in [0.05, 0.1) is 27.2 Å². The number of nitrogens with zero attached hydrogens (tertiary/aromatic N) is 1. The molecule has 0 aliphatic carbocycles. The minimum atomic E-state index is 0.562. The maximum Gasteiger partial charge on any atom is 0.0837 e. The lowest BCUT2D eigenvalue weighted by molar-refractivity contribution is -0.910. The molecule has 0 aromatic heterocycles. The van der Waals surface area contributed by atoms with Crippen molar-refractivity contribution in [3.05, 3.63) is 0 Å². The minimum Gasteiger partial charge on any atom is -0.328 e. The van der Waals surface area contributed by atoms with E-state index < -0.39 is 0 Å². The number of piperidine rings is 1. The van der Waals surface area contributed by atoms with Crippen molar-refractivity contribution in [3.8, 4) is 0 Å². The molecule has 0 aromatic rings. The van der Waals surface area contributed by atoms with Gasteiger partial charge < -0.3 is 4.48 Å². The van der Waals surface area contributed by atoms with E-state index in [1.165, 1.54) is 36.8 Å². The zero-order chi connectivity index (χ0) is 11.0. The first-order valence-corrected chi connectivity index (χ1v) is 6.06. The van der Waals surface area contributed by atoms with Crippen LogP contribution in [-0.4, -0.2) is 31.7 Å². The van der Waals surface area contributed by atoms with Crippen LogP contribution in [-0.2, 0) is 0 Å². The molecule has 0 amide bonds. The van der Waals surface area contributed by atoms with Gasteiger partial charge in [-0.05, 0) is 19.3 Å². The average Bonchev–Trinajstić information content (AvgIpc) is 2.00. The Balaban J connectivity index is 2.88. The SMILES string of the molecule is CCC1(C)CC(C)(CC)C[N+](C)(C)C1. The Hall–Kier alpha value is -0.0400. The van der Waals surface area contributed by atoms with Crippen LogP contribution in [0.5, 0.6) is 0 Å². The zero-order valence-electron chi connectivity index (χ0n) is 11.0. The lowest BCUT2D eigenvalue weighted by atomic mass is 9.66. The highest BCUT2D eigenvalue weighted by molar-refractivity contribution is 4.87. The molecule has 1 nitrogen and oxygen atoms in total. The largest absolute Gasteiger partial charge is 0.328 e. The van der Waals surface area contributed by atoms with Crippen molar-refractivity contribution in [1.82, 2.24) is 0 Å². The highest BCUT2D eigenvalue weighted by Gasteiger charge is 2.46. The van der Waals surface area contributed by atoms with Crippen LogP contribution in [0.25, 0.3) is 0 Å². The van der Waals surface area contributed by atoms with Gasteiger partial charge >= 0.3 is 0 Å². The predicted molar refractivity (Wildman–Crippen MR) is 63.3 cm³/mol. The second-order valence-corrected chi connectivity index (χ2v) is 6.76. The van der Waals surface area contributed by atoms with Gasteiger partial charge in [0.1, 0.15) is 0 Å². The van der Waals surface area contributed by atoms with Crippen molar-refractivity contribution in [2.75, 3.05) is 27.2 Å². The fraction of sp³-hybridized carbons (Fsp3) is 1.00. The predicted octanol–water partition coefficient (Wildman–Crippen LogP) is 3.30. The molecule has 0 bridgehead atoms. The van der Waals surface area contributed by atoms with E-state index in [9.17, 15) is 0 Å². The molecular formula is C13H28N+. The molecule has 0 N–H and O–H groups in total. The maximum atomic E-state index is 2.47. The first-order valence-electron chi connectivity index (χ1n) is 6.06. The van der Waals surface area contributed by atoms with Gasteiger partial charge in [-0.25, -0.2) is 0 Å². The van der Waals surface area contributed by atoms with E-state index in [1.807, 2.05) is 0 Å². The van der Waals surface area contributed by atoms with E-state index in [2.05, 4.69) is 41.8 Å². The van der Waals surface area contributed by atoms with Crippen molar-refractivity contribution in [2.24, 2.45) is 10.8 Å². The van der Waals surface area contributed by atoms with Crippen molar-refractivity contribution in [1.29, 1.82) is 0 Å². The van der Waals surface area contributed by atoms with E-state index >= 15 is 0 Å². The van der Waals surface area contributed by atoms with Gasteiger partial charge in [0, 0.05) is 10.8 Å². The monoisotopic (exact) mass is 198 g/mol. The molecule has 2 atom stereocenters. The summed E-state index contributed by atoms with van der Waals surface area (Å²) in [5.74, 6) is 0. The Labute approximate surface area is 90.1 Å². The number of quaternary nitrogens is 1. The molecule has 84 valence electrons. The number of rotatable bonds is 2. The molecule has 0 radical (unpaired) electrons. The Morgan fingerprint density at radius 2 is 1.29 bits per heavy atom. The first kappa shape index (κ1) is 12.0. The molecule has 1 fully saturated rings. The van der Waals surface area contributed by atoms with Crippen molar-refractivity contribution >= 4 is 0 Å². The molecular weight excluding hydrogens is 170 g/mol. The molecule has 1 heterocycles. The summed E-state index contributed by atoms with van der Waals surface area (Å²) in [5.41, 5.74) is 1.12. The minimum absolute atomic E-state index is 0.562. The van der Waals surface area contributed by atoms with Crippen molar-refractivity contribution in [3.63, 3.8) is 0 Å². The molecule has 1 aliphatic heterocycles. The third-order valence-electron chi connectivity index (χ3n) is 4.18. The van der Waals surface area contributed by atoms with Gasteiger partial charge in [0.2, 0.25) is 0 Å². The van der Waals surface area contributed by atoms with Gasteiger partial charge in [-0.1, -0.05) is 27.7 Å². The molecule has 0 saturated carbocycles. The normalized spacial score (nSPS) is 42.4. The Morgan fingerprint density at radius 1 is 0.929 bits per heavy atom. The van der Waals surface area contributed by atoms with Crippen LogP contribution in [0.4, 0.5) is 0 Å². The summed E-state index contributed by atoms with van der Waals surface area (Å²) in [7, 11) is 4.78. The first-order chi connectivity index (χ1) is 6.24. The van der Waals surface area contributed by atoms with Crippen LogP contribution in [0.2, 0.25) is 0 Å². The summed E-state index contributed by atoms with van der Waals surface area (Å²) in [4.78, 5) is 0. The number of hydrogen-bond acceptors (Lipinski definition) is 0. The van der Waals surface area contributed by atoms with Gasteiger partial charge in [0.15, 0.2) is 0 Å². The third kappa shape index (κ3) is 2.50. The standard InChI is InChI=1S/C13H28N/c1-7-12(3)9-13(4,8-2)11-14(5,6)10-12/h7-11H2,1-6H3/q+1. The second-order valence-electron chi connectivity index (χ2n) is 6.76. The summed E-state index contributed by atoms with van der Waals surface area (Å²) < 4.78 is 1.20. The Morgan fingerprint density at radius 3 is 1.57 bits per heavy atom. The average molecular weight is 198 g/mol. The summed E-state index contributed by atoms with van der Waals surface area (Å²) in [6, 6.07) is 0. The Bertz CT molecular complexity index is 189. The smallest absolute Gasteiger partial charge is 0.0837 e. The van der Waals surface area contributed by atoms with Crippen LogP contribution in [0.15, 0.2) is 0 Å². The highest BCUT2D eigenvalue weighted by atomic mass is 15.3. The summed E-state index contributed by atoms with van der Waals surface area (Å²) >= 11 is 0. The van der Waals surface area contributed by atoms with Crippen LogP contribution in [0.1, 0.15) is 47.0 Å². The summed E-state index contributed by atoms with van der Waals surface area (Å²) in [6.07, 6.45) is 4.06. The van der Waals surface area contributed by atoms with Gasteiger partial charge in [-0.2, -0.15) is 0 Å². The molecule has 1 aliphatic rings. The summed E-state index contributed by atoms with van der Waals surface area (Å²) in [6.45, 7) is 12.3. The highest BCUT2D eigenvalue weighted by Crippen LogP contribution is 2.45. The molecule has 0 spiro atoms. The maximum absolute atomic E-state index is 2.47. The zero-order valence-corrected chi connectivity index (χ0v) is 11.0. The van der Waals surface area contributed by atoms with Crippen LogP contribution >= 0.6 is 0 Å². The quantitative estimate of drug-likeness (QED) is 0.597. The molecule has 1 heteroatoms. The lowest BCUT2D eigenvalue weighted by Crippen LogP contribution is -2.58.